The first-order chi connectivity index (χ1) is 14.1. The van der Waals surface area contributed by atoms with Gasteiger partial charge in [0.25, 0.3) is 0 Å². The monoisotopic (exact) mass is 524 g/mol. The average Bonchev–Trinajstić information content (AvgIpc) is 2.72. The Hall–Kier alpha value is -1.94. The Morgan fingerprint density at radius 2 is 1.93 bits per heavy atom. The van der Waals surface area contributed by atoms with Crippen LogP contribution in [-0.2, 0) is 17.7 Å². The molecule has 2 unspecified atom stereocenters. The third-order valence-corrected chi connectivity index (χ3v) is 4.72. The molecule has 0 radical (unpaired) electrons. The van der Waals surface area contributed by atoms with Crippen molar-refractivity contribution in [1.29, 1.82) is 0 Å². The fourth-order valence-corrected chi connectivity index (χ4v) is 3.43. The average molecular weight is 524 g/mol. The lowest BCUT2D eigenvalue weighted by Gasteiger charge is -2.36. The summed E-state index contributed by atoms with van der Waals surface area (Å²) >= 11 is 0. The Balaban J connectivity index is 0.00000320. The normalized spacial score (nSPS) is 19.2. The number of hydrogen-bond donors (Lipinski definition) is 2. The van der Waals surface area contributed by atoms with E-state index in [1.807, 2.05) is 30.6 Å². The van der Waals surface area contributed by atoms with Crippen LogP contribution in [0.25, 0.3) is 0 Å². The van der Waals surface area contributed by atoms with E-state index in [1.54, 1.807) is 0 Å². The number of guanidine groups is 1. The molecule has 2 aromatic rings. The molecule has 1 fully saturated rings. The van der Waals surface area contributed by atoms with Gasteiger partial charge in [-0.05, 0) is 44.5 Å². The summed E-state index contributed by atoms with van der Waals surface area (Å²) in [6.45, 7) is 10.2. The van der Waals surface area contributed by atoms with E-state index in [0.717, 1.165) is 55.6 Å². The maximum absolute atomic E-state index is 5.80. The highest BCUT2D eigenvalue weighted by Gasteiger charge is 2.22. The van der Waals surface area contributed by atoms with Crippen molar-refractivity contribution in [3.63, 3.8) is 0 Å². The summed E-state index contributed by atoms with van der Waals surface area (Å²) in [5.74, 6) is 1.81. The van der Waals surface area contributed by atoms with Crippen molar-refractivity contribution in [2.45, 2.75) is 45.9 Å². The molecule has 2 aromatic heterocycles. The fourth-order valence-electron chi connectivity index (χ4n) is 3.43. The number of hydrogen-bond acceptors (Lipinski definition) is 5. The molecule has 2 atom stereocenters. The van der Waals surface area contributed by atoms with Crippen LogP contribution in [0.15, 0.2) is 47.7 Å². The Kier molecular flexibility index (Phi) is 10.3. The number of ether oxygens (including phenoxy) is 1. The lowest BCUT2D eigenvalue weighted by Crippen LogP contribution is -2.45. The Morgan fingerprint density at radius 3 is 2.57 bits per heavy atom. The summed E-state index contributed by atoms with van der Waals surface area (Å²) in [5, 5.41) is 6.66. The van der Waals surface area contributed by atoms with Crippen molar-refractivity contribution in [2.75, 3.05) is 31.1 Å². The molecule has 2 N–H and O–H groups in total. The first-order valence-corrected chi connectivity index (χ1v) is 10.4. The number of nitrogens with zero attached hydrogens (tertiary/aromatic N) is 4. The summed E-state index contributed by atoms with van der Waals surface area (Å²) in [7, 11) is 0. The van der Waals surface area contributed by atoms with E-state index in [4.69, 9.17) is 4.74 Å². The van der Waals surface area contributed by atoms with Crippen molar-refractivity contribution in [1.82, 2.24) is 20.6 Å². The van der Waals surface area contributed by atoms with Crippen LogP contribution in [0.5, 0.6) is 0 Å². The molecule has 1 aliphatic rings. The Bertz CT molecular complexity index is 761. The zero-order chi connectivity index (χ0) is 20.5. The molecule has 164 valence electrons. The van der Waals surface area contributed by atoms with Gasteiger partial charge >= 0.3 is 0 Å². The maximum Gasteiger partial charge on any atom is 0.191 e. The molecule has 3 rings (SSSR count). The lowest BCUT2D eigenvalue weighted by molar-refractivity contribution is -0.00545. The molecular weight excluding hydrogens is 491 g/mol. The second-order valence-electron chi connectivity index (χ2n) is 7.38. The number of halogens is 1. The second kappa shape index (κ2) is 12.7. The third-order valence-electron chi connectivity index (χ3n) is 4.72. The predicted octanol–water partition coefficient (Wildman–Crippen LogP) is 3.01. The SMILES string of the molecule is CCNC(=NCc1ccc(N2CC(C)OC(C)C2)nc1)NCCc1ccccn1.I. The molecular formula is C22H33IN6O. The summed E-state index contributed by atoms with van der Waals surface area (Å²) < 4.78 is 5.80. The van der Waals surface area contributed by atoms with Gasteiger partial charge in [-0.3, -0.25) is 4.98 Å². The highest BCUT2D eigenvalue weighted by molar-refractivity contribution is 14.0. The fraction of sp³-hybridized carbons (Fsp3) is 0.500. The molecule has 30 heavy (non-hydrogen) atoms. The van der Waals surface area contributed by atoms with Crippen LogP contribution in [0.3, 0.4) is 0 Å². The number of pyridine rings is 2. The molecule has 0 spiro atoms. The Labute approximate surface area is 196 Å². The number of rotatable bonds is 7. The largest absolute Gasteiger partial charge is 0.372 e. The van der Waals surface area contributed by atoms with E-state index in [1.165, 1.54) is 0 Å². The van der Waals surface area contributed by atoms with Gasteiger partial charge in [0.2, 0.25) is 0 Å². The molecule has 1 aliphatic heterocycles. The van der Waals surface area contributed by atoms with Gasteiger partial charge in [-0.15, -0.1) is 24.0 Å². The summed E-state index contributed by atoms with van der Waals surface area (Å²) in [6, 6.07) is 10.2. The van der Waals surface area contributed by atoms with E-state index < -0.39 is 0 Å². The molecule has 0 aliphatic carbocycles. The van der Waals surface area contributed by atoms with Crippen LogP contribution < -0.4 is 15.5 Å². The van der Waals surface area contributed by atoms with Gasteiger partial charge < -0.3 is 20.3 Å². The van der Waals surface area contributed by atoms with Crippen molar-refractivity contribution in [3.05, 3.63) is 54.0 Å². The standard InChI is InChI=1S/C22H32N6O.HI/c1-4-23-22(25-12-10-20-7-5-6-11-24-20)27-14-19-8-9-21(26-13-19)28-15-17(2)29-18(3)16-28;/h5-9,11,13,17-18H,4,10,12,14-16H2,1-3H3,(H2,23,25,27);1H. The van der Waals surface area contributed by atoms with Gasteiger partial charge in [-0.1, -0.05) is 12.1 Å². The quantitative estimate of drug-likeness (QED) is 0.330. The van der Waals surface area contributed by atoms with Crippen molar-refractivity contribution in [3.8, 4) is 0 Å². The smallest absolute Gasteiger partial charge is 0.191 e. The maximum atomic E-state index is 5.80. The van der Waals surface area contributed by atoms with Gasteiger partial charge in [0, 0.05) is 50.7 Å². The summed E-state index contributed by atoms with van der Waals surface area (Å²) in [5.41, 5.74) is 2.16. The minimum absolute atomic E-state index is 0. The molecule has 8 heteroatoms. The van der Waals surface area contributed by atoms with Crippen LogP contribution in [-0.4, -0.2) is 54.3 Å². The highest BCUT2D eigenvalue weighted by Crippen LogP contribution is 2.18. The van der Waals surface area contributed by atoms with Gasteiger partial charge in [-0.2, -0.15) is 0 Å². The highest BCUT2D eigenvalue weighted by atomic mass is 127. The van der Waals surface area contributed by atoms with Crippen LogP contribution in [0.4, 0.5) is 5.82 Å². The van der Waals surface area contributed by atoms with Crippen LogP contribution in [0.1, 0.15) is 32.0 Å². The zero-order valence-corrected chi connectivity index (χ0v) is 20.4. The topological polar surface area (TPSA) is 74.7 Å². The van der Waals surface area contributed by atoms with Crippen LogP contribution >= 0.6 is 24.0 Å². The van der Waals surface area contributed by atoms with Gasteiger partial charge in [-0.25, -0.2) is 9.98 Å². The molecule has 0 aromatic carbocycles. The van der Waals surface area contributed by atoms with E-state index in [2.05, 4.69) is 63.4 Å². The molecule has 3 heterocycles. The number of morpholine rings is 1. The van der Waals surface area contributed by atoms with E-state index in [0.29, 0.717) is 6.54 Å². The number of aromatic nitrogens is 2. The van der Waals surface area contributed by atoms with Gasteiger partial charge in [0.1, 0.15) is 5.82 Å². The van der Waals surface area contributed by atoms with Crippen molar-refractivity contribution >= 4 is 35.8 Å². The molecule has 0 saturated carbocycles. The molecule has 7 nitrogen and oxygen atoms in total. The van der Waals surface area contributed by atoms with Crippen LogP contribution in [0.2, 0.25) is 0 Å². The minimum atomic E-state index is 0. The van der Waals surface area contributed by atoms with Crippen molar-refractivity contribution < 1.29 is 4.74 Å². The number of nitrogens with one attached hydrogen (secondary N) is 2. The second-order valence-corrected chi connectivity index (χ2v) is 7.38. The van der Waals surface area contributed by atoms with E-state index in [9.17, 15) is 0 Å². The van der Waals surface area contributed by atoms with Crippen LogP contribution in [0, 0.1) is 0 Å². The van der Waals surface area contributed by atoms with Crippen molar-refractivity contribution in [2.24, 2.45) is 4.99 Å². The summed E-state index contributed by atoms with van der Waals surface area (Å²) in [4.78, 5) is 16.0. The summed E-state index contributed by atoms with van der Waals surface area (Å²) in [6.07, 6.45) is 5.05. The first-order valence-electron chi connectivity index (χ1n) is 10.4. The van der Waals surface area contributed by atoms with E-state index in [-0.39, 0.29) is 36.2 Å². The molecule has 0 amide bonds. The van der Waals surface area contributed by atoms with Gasteiger partial charge in [0.05, 0.1) is 18.8 Å². The lowest BCUT2D eigenvalue weighted by atomic mass is 10.2. The number of aliphatic imine (C=N–C) groups is 1. The predicted molar refractivity (Wildman–Crippen MR) is 133 cm³/mol. The third kappa shape index (κ3) is 7.71. The minimum Gasteiger partial charge on any atom is -0.372 e. The van der Waals surface area contributed by atoms with E-state index >= 15 is 0 Å². The Morgan fingerprint density at radius 1 is 1.13 bits per heavy atom. The zero-order valence-electron chi connectivity index (χ0n) is 18.0. The first kappa shape index (κ1) is 24.3. The number of anilines is 1. The molecule has 0 bridgehead atoms. The molecule has 1 saturated heterocycles. The van der Waals surface area contributed by atoms with Gasteiger partial charge in [0.15, 0.2) is 5.96 Å².